The highest BCUT2D eigenvalue weighted by Gasteiger charge is 2.23. The van der Waals surface area contributed by atoms with Gasteiger partial charge in [0.05, 0.1) is 6.04 Å². The molecule has 1 atom stereocenters. The van der Waals surface area contributed by atoms with E-state index in [2.05, 4.69) is 39.4 Å². The summed E-state index contributed by atoms with van der Waals surface area (Å²) in [4.78, 5) is 16.2. The van der Waals surface area contributed by atoms with Gasteiger partial charge in [-0.2, -0.15) is 0 Å². The standard InChI is InChI=1S/C17H27N3O2/c1-19(2)15-8-6-14(7-9-15)16(20-10-4-5-11-20)12-18-17(21)13-22-3/h6-9,16H,4-5,10-13H2,1-3H3,(H,18,21)/t16-/m0/s1. The van der Waals surface area contributed by atoms with Crippen molar-refractivity contribution in [3.63, 3.8) is 0 Å². The van der Waals surface area contributed by atoms with Crippen molar-refractivity contribution in [3.05, 3.63) is 29.8 Å². The maximum Gasteiger partial charge on any atom is 0.246 e. The third-order valence-corrected chi connectivity index (χ3v) is 4.14. The van der Waals surface area contributed by atoms with E-state index in [0.717, 1.165) is 13.1 Å². The Bertz CT molecular complexity index is 467. The van der Waals surface area contributed by atoms with Crippen LogP contribution < -0.4 is 10.2 Å². The number of hydrogen-bond donors (Lipinski definition) is 1. The molecule has 0 saturated carbocycles. The van der Waals surface area contributed by atoms with E-state index in [1.807, 2.05) is 14.1 Å². The molecule has 0 spiro atoms. The summed E-state index contributed by atoms with van der Waals surface area (Å²) in [5, 5.41) is 2.98. The summed E-state index contributed by atoms with van der Waals surface area (Å²) in [7, 11) is 5.62. The lowest BCUT2D eigenvalue weighted by atomic mass is 10.0. The minimum atomic E-state index is -0.0587. The number of methoxy groups -OCH3 is 1. The summed E-state index contributed by atoms with van der Waals surface area (Å²) in [5.41, 5.74) is 2.44. The monoisotopic (exact) mass is 305 g/mol. The first kappa shape index (κ1) is 16.8. The Labute approximate surface area is 133 Å². The molecule has 1 aliphatic rings. The third kappa shape index (κ3) is 4.45. The Morgan fingerprint density at radius 1 is 1.27 bits per heavy atom. The average molecular weight is 305 g/mol. The lowest BCUT2D eigenvalue weighted by molar-refractivity contribution is -0.124. The first-order valence-electron chi connectivity index (χ1n) is 7.89. The van der Waals surface area contributed by atoms with Gasteiger partial charge in [-0.25, -0.2) is 0 Å². The Morgan fingerprint density at radius 3 is 2.45 bits per heavy atom. The van der Waals surface area contributed by atoms with Gasteiger partial charge in [0, 0.05) is 33.4 Å². The first-order chi connectivity index (χ1) is 10.6. The maximum absolute atomic E-state index is 11.7. The Kier molecular flexibility index (Phi) is 6.21. The summed E-state index contributed by atoms with van der Waals surface area (Å²) in [6.07, 6.45) is 2.47. The molecule has 2 rings (SSSR count). The molecule has 1 aromatic carbocycles. The molecule has 1 saturated heterocycles. The van der Waals surface area contributed by atoms with E-state index in [4.69, 9.17) is 4.74 Å². The molecule has 0 bridgehead atoms. The van der Waals surface area contributed by atoms with Crippen molar-refractivity contribution in [3.8, 4) is 0 Å². The van der Waals surface area contributed by atoms with Crippen LogP contribution in [0.25, 0.3) is 0 Å². The smallest absolute Gasteiger partial charge is 0.246 e. The highest BCUT2D eigenvalue weighted by atomic mass is 16.5. The Hall–Kier alpha value is -1.59. The van der Waals surface area contributed by atoms with Crippen LogP contribution in [0.1, 0.15) is 24.4 Å². The van der Waals surface area contributed by atoms with Crippen molar-refractivity contribution in [2.45, 2.75) is 18.9 Å². The first-order valence-corrected chi connectivity index (χ1v) is 7.89. The number of anilines is 1. The quantitative estimate of drug-likeness (QED) is 0.832. The zero-order valence-electron chi connectivity index (χ0n) is 13.8. The second-order valence-electron chi connectivity index (χ2n) is 5.98. The predicted octanol–water partition coefficient (Wildman–Crippen LogP) is 1.65. The molecule has 0 aliphatic carbocycles. The SMILES string of the molecule is COCC(=O)NC[C@@H](c1ccc(N(C)C)cc1)N1CCCC1. The van der Waals surface area contributed by atoms with Crippen molar-refractivity contribution < 1.29 is 9.53 Å². The molecule has 1 aliphatic heterocycles. The molecule has 22 heavy (non-hydrogen) atoms. The number of carbonyl (C=O) groups is 1. The van der Waals surface area contributed by atoms with Crippen LogP contribution >= 0.6 is 0 Å². The molecule has 1 aromatic rings. The summed E-state index contributed by atoms with van der Waals surface area (Å²) < 4.78 is 4.88. The van der Waals surface area contributed by atoms with Gasteiger partial charge in [0.15, 0.2) is 0 Å². The van der Waals surface area contributed by atoms with E-state index in [9.17, 15) is 4.79 Å². The van der Waals surface area contributed by atoms with E-state index in [-0.39, 0.29) is 18.6 Å². The lowest BCUT2D eigenvalue weighted by Gasteiger charge is -2.28. The summed E-state index contributed by atoms with van der Waals surface area (Å²) in [6.45, 7) is 2.94. The number of hydrogen-bond acceptors (Lipinski definition) is 4. The average Bonchev–Trinajstić information content (AvgIpc) is 3.02. The zero-order chi connectivity index (χ0) is 15.9. The molecule has 1 N–H and O–H groups in total. The maximum atomic E-state index is 11.7. The van der Waals surface area contributed by atoms with Crippen LogP contribution in [0, 0.1) is 0 Å². The minimum absolute atomic E-state index is 0.0587. The van der Waals surface area contributed by atoms with Gasteiger partial charge in [0.1, 0.15) is 6.61 Å². The molecule has 1 fully saturated rings. The van der Waals surface area contributed by atoms with Crippen LogP contribution in [0.4, 0.5) is 5.69 Å². The summed E-state index contributed by atoms with van der Waals surface area (Å²) in [5.74, 6) is -0.0587. The molecule has 1 amide bonds. The van der Waals surface area contributed by atoms with Crippen LogP contribution in [0.5, 0.6) is 0 Å². The molecular formula is C17H27N3O2. The summed E-state index contributed by atoms with van der Waals surface area (Å²) in [6, 6.07) is 8.84. The van der Waals surface area contributed by atoms with Crippen molar-refractivity contribution in [1.82, 2.24) is 10.2 Å². The fraction of sp³-hybridized carbons (Fsp3) is 0.588. The van der Waals surface area contributed by atoms with Crippen LogP contribution in [-0.4, -0.2) is 58.3 Å². The molecule has 122 valence electrons. The van der Waals surface area contributed by atoms with E-state index in [1.54, 1.807) is 0 Å². The van der Waals surface area contributed by atoms with Crippen LogP contribution in [-0.2, 0) is 9.53 Å². The molecule has 5 nitrogen and oxygen atoms in total. The number of carbonyl (C=O) groups excluding carboxylic acids is 1. The van der Waals surface area contributed by atoms with Crippen LogP contribution in [0.15, 0.2) is 24.3 Å². The molecule has 0 unspecified atom stereocenters. The number of likely N-dealkylation sites (tertiary alicyclic amines) is 1. The Morgan fingerprint density at radius 2 is 1.91 bits per heavy atom. The molecule has 5 heteroatoms. The van der Waals surface area contributed by atoms with E-state index >= 15 is 0 Å². The fourth-order valence-electron chi connectivity index (χ4n) is 2.90. The van der Waals surface area contributed by atoms with Gasteiger partial charge in [0.25, 0.3) is 0 Å². The van der Waals surface area contributed by atoms with Gasteiger partial charge in [-0.15, -0.1) is 0 Å². The molecular weight excluding hydrogens is 278 g/mol. The number of nitrogens with zero attached hydrogens (tertiary/aromatic N) is 2. The number of ether oxygens (including phenoxy) is 1. The van der Waals surface area contributed by atoms with Crippen molar-refractivity contribution in [2.75, 3.05) is 52.3 Å². The van der Waals surface area contributed by atoms with Crippen molar-refractivity contribution in [2.24, 2.45) is 0 Å². The predicted molar refractivity (Wildman–Crippen MR) is 89.2 cm³/mol. The molecule has 0 aromatic heterocycles. The van der Waals surface area contributed by atoms with Crippen molar-refractivity contribution >= 4 is 11.6 Å². The molecule has 1 heterocycles. The number of benzene rings is 1. The van der Waals surface area contributed by atoms with E-state index < -0.39 is 0 Å². The van der Waals surface area contributed by atoms with Gasteiger partial charge in [-0.3, -0.25) is 9.69 Å². The highest BCUT2D eigenvalue weighted by Crippen LogP contribution is 2.26. The molecule has 0 radical (unpaired) electrons. The van der Waals surface area contributed by atoms with Gasteiger partial charge >= 0.3 is 0 Å². The van der Waals surface area contributed by atoms with Crippen LogP contribution in [0.2, 0.25) is 0 Å². The topological polar surface area (TPSA) is 44.8 Å². The number of amides is 1. The van der Waals surface area contributed by atoms with Gasteiger partial charge in [-0.05, 0) is 43.6 Å². The van der Waals surface area contributed by atoms with Crippen LogP contribution in [0.3, 0.4) is 0 Å². The second kappa shape index (κ2) is 8.15. The zero-order valence-corrected chi connectivity index (χ0v) is 13.8. The van der Waals surface area contributed by atoms with Gasteiger partial charge in [0.2, 0.25) is 5.91 Å². The minimum Gasteiger partial charge on any atom is -0.378 e. The lowest BCUT2D eigenvalue weighted by Crippen LogP contribution is -2.38. The van der Waals surface area contributed by atoms with E-state index in [1.165, 1.54) is 31.2 Å². The number of rotatable bonds is 7. The fourth-order valence-corrected chi connectivity index (χ4v) is 2.90. The largest absolute Gasteiger partial charge is 0.378 e. The van der Waals surface area contributed by atoms with Gasteiger partial charge in [-0.1, -0.05) is 12.1 Å². The highest BCUT2D eigenvalue weighted by molar-refractivity contribution is 5.77. The second-order valence-corrected chi connectivity index (χ2v) is 5.98. The summed E-state index contributed by atoms with van der Waals surface area (Å²) >= 11 is 0. The third-order valence-electron chi connectivity index (χ3n) is 4.14. The Balaban J connectivity index is 2.07. The number of nitrogens with one attached hydrogen (secondary N) is 1. The van der Waals surface area contributed by atoms with Gasteiger partial charge < -0.3 is 15.0 Å². The van der Waals surface area contributed by atoms with Crippen molar-refractivity contribution in [1.29, 1.82) is 0 Å². The van der Waals surface area contributed by atoms with E-state index in [0.29, 0.717) is 6.54 Å². The normalized spacial score (nSPS) is 16.5.